The Morgan fingerprint density at radius 1 is 0.255 bits per heavy atom. The maximum Gasteiger partial charge on any atom is 0.402 e. The minimum absolute atomic E-state index is 0.104. The van der Waals surface area contributed by atoms with Crippen LogP contribution in [0.2, 0.25) is 0 Å². The average molecular weight is 1490 g/mol. The topological polar surface area (TPSA) is 0 Å². The molecule has 612 valence electrons. The fourth-order valence-electron chi connectivity index (χ4n) is 5.21. The van der Waals surface area contributed by atoms with Crippen LogP contribution in [0.5, 0.6) is 0 Å². The molecular weight excluding hydrogens is 1340 g/mol. The summed E-state index contributed by atoms with van der Waals surface area (Å²) in [5.41, 5.74) is -2.54. The van der Waals surface area contributed by atoms with E-state index in [9.17, 15) is 105 Å². The van der Waals surface area contributed by atoms with Crippen LogP contribution in [0.1, 0.15) is 368 Å². The van der Waals surface area contributed by atoms with Crippen molar-refractivity contribution >= 4 is 0 Å². The molecular formula is C74H148F24. The molecule has 0 amide bonds. The van der Waals surface area contributed by atoms with E-state index in [1.165, 1.54) is 64.7 Å². The second kappa shape index (κ2) is 66.0. The van der Waals surface area contributed by atoms with Crippen LogP contribution in [0.15, 0.2) is 0 Å². The van der Waals surface area contributed by atoms with Crippen LogP contribution in [-0.2, 0) is 0 Å². The largest absolute Gasteiger partial charge is 0.402 e. The first-order valence-electron chi connectivity index (χ1n) is 35.8. The Morgan fingerprint density at radius 2 is 0.520 bits per heavy atom. The highest BCUT2D eigenvalue weighted by Crippen LogP contribution is 2.49. The van der Waals surface area contributed by atoms with Crippen LogP contribution in [0.3, 0.4) is 0 Å². The van der Waals surface area contributed by atoms with E-state index < -0.39 is 92.8 Å². The van der Waals surface area contributed by atoms with Gasteiger partial charge in [-0.15, -0.1) is 0 Å². The second-order valence-corrected chi connectivity index (χ2v) is 29.8. The van der Waals surface area contributed by atoms with Crippen molar-refractivity contribution in [1.29, 1.82) is 0 Å². The van der Waals surface area contributed by atoms with Crippen molar-refractivity contribution in [3.8, 4) is 0 Å². The average Bonchev–Trinajstić information content (AvgIpc) is 0.799. The van der Waals surface area contributed by atoms with Crippen molar-refractivity contribution in [2.45, 2.75) is 418 Å². The van der Waals surface area contributed by atoms with Crippen molar-refractivity contribution in [2.24, 2.45) is 63.6 Å². The number of hydrogen-bond donors (Lipinski definition) is 0. The highest BCUT2D eigenvalue weighted by molar-refractivity contribution is 4.84. The van der Waals surface area contributed by atoms with Crippen molar-refractivity contribution in [1.82, 2.24) is 0 Å². The van der Waals surface area contributed by atoms with Gasteiger partial charge in [0.25, 0.3) is 0 Å². The first kappa shape index (κ1) is 123. The zero-order valence-corrected chi connectivity index (χ0v) is 66.9. The lowest BCUT2D eigenvalue weighted by Gasteiger charge is -2.29. The lowest BCUT2D eigenvalue weighted by atomic mass is 9.92. The summed E-state index contributed by atoms with van der Waals surface area (Å²) in [5.74, 6) is 1.20. The van der Waals surface area contributed by atoms with Crippen LogP contribution in [-0.4, -0.2) is 49.4 Å². The first-order valence-corrected chi connectivity index (χ1v) is 35.8. The quantitative estimate of drug-likeness (QED) is 0.0749. The molecule has 0 aromatic rings. The van der Waals surface area contributed by atoms with Gasteiger partial charge in [-0.2, -0.15) is 105 Å². The number of alkyl halides is 24. The van der Waals surface area contributed by atoms with Crippen molar-refractivity contribution in [3.05, 3.63) is 0 Å². The molecule has 0 unspecified atom stereocenters. The summed E-state index contributed by atoms with van der Waals surface area (Å²) in [6.07, 6.45) is -21.8. The molecule has 0 radical (unpaired) electrons. The maximum atomic E-state index is 11.7. The maximum absolute atomic E-state index is 11.7. The fraction of sp³-hybridized carbons (Fsp3) is 1.00. The van der Waals surface area contributed by atoms with Gasteiger partial charge in [0.1, 0.15) is 0 Å². The Hall–Kier alpha value is -1.68. The van der Waals surface area contributed by atoms with E-state index in [1.54, 1.807) is 20.8 Å². The van der Waals surface area contributed by atoms with Gasteiger partial charge in [-0.1, -0.05) is 303 Å². The number of unbranched alkanes of at least 4 members (excludes halogenated alkanes) is 6. The van der Waals surface area contributed by atoms with E-state index in [1.807, 2.05) is 20.8 Å². The standard InChI is InChI=1S/2C7H13F3.C7H16.C6H8F6.2C6H11F3.5C6H14.C5H6F6/c1-3-4-6(2)5-7(8,9)10;1-2-3-4-5-6-7(8,9)10;1-4-5-6-7(2)3;1-2-3-4(5(7,8)9)6(10,11)12;1-5(2)3-4-6(7,8)9;1-2-3-4-5-6(7,8)9;2*1-5-6(2,3)4;1-5(2)6(3)4;1-4-5-6(2)3;1-4-6(3)5-2;1-3(2,4(6,7)8)5(9,10)11/h6H,3-5H2,1-2H3;2-6H2,1H3;7H,4-6H2,1-3H3;4H,2-3H2,1H3;5H,3-4H2,1-2H3;2-5H2,1H3;2*5H2,1-4H3;5-6H,1-4H3;2*6H,4-5H2,1-3H3;1-2H3/t6-;;;;;;;;;;;/m0.........../s1. The van der Waals surface area contributed by atoms with E-state index in [0.29, 0.717) is 30.1 Å². The molecule has 0 N–H and O–H groups in total. The predicted molar refractivity (Wildman–Crippen MR) is 369 cm³/mol. The first-order chi connectivity index (χ1) is 43.3. The molecule has 0 saturated carbocycles. The summed E-state index contributed by atoms with van der Waals surface area (Å²) in [6.45, 7) is 59.5. The predicted octanol–water partition coefficient (Wildman–Crippen LogP) is 34.6. The van der Waals surface area contributed by atoms with E-state index in [0.717, 1.165) is 55.3 Å². The summed E-state index contributed by atoms with van der Waals surface area (Å²) < 4.78 is 277. The Balaban J connectivity index is -0.0000000830. The summed E-state index contributed by atoms with van der Waals surface area (Å²) in [4.78, 5) is 0. The van der Waals surface area contributed by atoms with Gasteiger partial charge in [0.05, 0.1) is 0 Å². The minimum Gasteiger partial charge on any atom is -0.171 e. The molecule has 24 heteroatoms. The molecule has 0 nitrogen and oxygen atoms in total. The molecule has 0 aromatic carbocycles. The van der Waals surface area contributed by atoms with Crippen molar-refractivity contribution in [2.75, 3.05) is 0 Å². The van der Waals surface area contributed by atoms with Gasteiger partial charge in [0.2, 0.25) is 0 Å². The molecule has 0 fully saturated rings. The van der Waals surface area contributed by atoms with Gasteiger partial charge in [-0.25, -0.2) is 0 Å². The van der Waals surface area contributed by atoms with Crippen LogP contribution < -0.4 is 0 Å². The highest BCUT2D eigenvalue weighted by atomic mass is 19.4. The summed E-state index contributed by atoms with van der Waals surface area (Å²) in [7, 11) is 0. The van der Waals surface area contributed by atoms with Crippen molar-refractivity contribution in [3.63, 3.8) is 0 Å². The van der Waals surface area contributed by atoms with Crippen LogP contribution in [0.25, 0.3) is 0 Å². The molecule has 0 saturated heterocycles. The lowest BCUT2D eigenvalue weighted by molar-refractivity contribution is -0.327. The van der Waals surface area contributed by atoms with E-state index in [4.69, 9.17) is 0 Å². The number of halogens is 24. The molecule has 0 aromatic heterocycles. The van der Waals surface area contributed by atoms with E-state index in [-0.39, 0.29) is 51.4 Å². The van der Waals surface area contributed by atoms with Gasteiger partial charge >= 0.3 is 49.4 Å². The normalized spacial score (nSPS) is 12.6. The summed E-state index contributed by atoms with van der Waals surface area (Å²) in [5, 5.41) is 0. The van der Waals surface area contributed by atoms with Crippen LogP contribution in [0.4, 0.5) is 105 Å². The Kier molecular flexibility index (Phi) is 82.9. The van der Waals surface area contributed by atoms with Gasteiger partial charge in [0, 0.05) is 25.7 Å². The van der Waals surface area contributed by atoms with Gasteiger partial charge in [0.15, 0.2) is 11.3 Å². The molecule has 0 rings (SSSR count). The highest BCUT2D eigenvalue weighted by Gasteiger charge is 2.64. The molecule has 0 aliphatic carbocycles. The third-order valence-electron chi connectivity index (χ3n) is 14.4. The molecule has 0 heterocycles. The summed E-state index contributed by atoms with van der Waals surface area (Å²) in [6, 6.07) is 0. The molecule has 0 bridgehead atoms. The van der Waals surface area contributed by atoms with Gasteiger partial charge in [-0.05, 0) is 91.8 Å². The van der Waals surface area contributed by atoms with Crippen molar-refractivity contribution < 1.29 is 105 Å². The number of rotatable bonds is 22. The van der Waals surface area contributed by atoms with E-state index >= 15 is 0 Å². The van der Waals surface area contributed by atoms with E-state index in [2.05, 4.69) is 145 Å². The Bertz CT molecular complexity index is 1490. The smallest absolute Gasteiger partial charge is 0.171 e. The number of hydrogen-bond acceptors (Lipinski definition) is 0. The Morgan fingerprint density at radius 3 is 0.643 bits per heavy atom. The van der Waals surface area contributed by atoms with Gasteiger partial charge < -0.3 is 0 Å². The fourth-order valence-corrected chi connectivity index (χ4v) is 5.21. The molecule has 1 atom stereocenters. The summed E-state index contributed by atoms with van der Waals surface area (Å²) >= 11 is 0. The zero-order valence-electron chi connectivity index (χ0n) is 66.9. The zero-order chi connectivity index (χ0) is 81.8. The third-order valence-corrected chi connectivity index (χ3v) is 14.4. The lowest BCUT2D eigenvalue weighted by Crippen LogP contribution is -2.44. The monoisotopic (exact) mass is 1490 g/mol. The molecule has 0 spiro atoms. The van der Waals surface area contributed by atoms with Crippen LogP contribution in [0, 0.1) is 63.6 Å². The molecule has 0 aliphatic heterocycles. The molecule has 98 heavy (non-hydrogen) atoms. The second-order valence-electron chi connectivity index (χ2n) is 29.8. The SMILES string of the molecule is CC(C)(C(F)(F)F)C(F)(F)F.CC(C)C(C)C.CC(C)CCC(F)(F)F.CCC(C)(C)C.CCC(C)(C)C.CCC(C)CC.CCCC(C(F)(F)F)C(F)(F)F.CCCC(C)C.CCCCC(C)C.CCCCCC(F)(F)F.CCCCCCC(F)(F)F.CCC[C@H](C)CC(F)(F)F. The molecule has 0 aliphatic rings. The third kappa shape index (κ3) is 131. The Labute approximate surface area is 584 Å². The van der Waals surface area contributed by atoms with Crippen LogP contribution >= 0.6 is 0 Å². The minimum atomic E-state index is -5.24. The van der Waals surface area contributed by atoms with Gasteiger partial charge in [-0.3, -0.25) is 0 Å².